The zero-order valence-corrected chi connectivity index (χ0v) is 7.59. The van der Waals surface area contributed by atoms with Crippen molar-refractivity contribution >= 4 is 0 Å². The molecule has 2 rings (SSSR count). The van der Waals surface area contributed by atoms with Crippen molar-refractivity contribution in [3.63, 3.8) is 0 Å². The molecule has 2 heteroatoms. The molecule has 1 N–H and O–H groups in total. The highest BCUT2D eigenvalue weighted by atomic mass is 16.3. The van der Waals surface area contributed by atoms with Gasteiger partial charge in [0.25, 0.3) is 0 Å². The van der Waals surface area contributed by atoms with Crippen LogP contribution in [-0.2, 0) is 0 Å². The fraction of sp³-hybridized carbons (Fsp3) is 1.00. The summed E-state index contributed by atoms with van der Waals surface area (Å²) in [6.45, 7) is 8.62. The Morgan fingerprint density at radius 2 is 2.09 bits per heavy atom. The maximum Gasteiger partial charge on any atom is 0.0819 e. The quantitative estimate of drug-likeness (QED) is 0.560. The van der Waals surface area contributed by atoms with E-state index in [9.17, 15) is 5.11 Å². The molecule has 0 spiro atoms. The third kappa shape index (κ3) is 1.09. The number of piperidine rings is 1. The molecule has 0 bridgehead atoms. The van der Waals surface area contributed by atoms with Gasteiger partial charge in [0, 0.05) is 24.5 Å². The highest BCUT2D eigenvalue weighted by Gasteiger charge is 2.60. The first kappa shape index (κ1) is 7.56. The summed E-state index contributed by atoms with van der Waals surface area (Å²) >= 11 is 0. The Balaban J connectivity index is 2.03. The van der Waals surface area contributed by atoms with E-state index in [1.54, 1.807) is 0 Å². The number of nitrogens with zero attached hydrogens (tertiary/aromatic N) is 1. The number of rotatable bonds is 0. The predicted octanol–water partition coefficient (Wildman–Crippen LogP) is 0.851. The summed E-state index contributed by atoms with van der Waals surface area (Å²) in [6, 6.07) is 0. The van der Waals surface area contributed by atoms with Gasteiger partial charge in [-0.1, -0.05) is 0 Å². The Labute approximate surface area is 68.2 Å². The molecule has 0 aromatic carbocycles. The summed E-state index contributed by atoms with van der Waals surface area (Å²) < 4.78 is 0. The van der Waals surface area contributed by atoms with Crippen LogP contribution in [0.25, 0.3) is 0 Å². The van der Waals surface area contributed by atoms with E-state index in [-0.39, 0.29) is 11.1 Å². The largest absolute Gasteiger partial charge is 0.388 e. The maximum atomic E-state index is 9.76. The Morgan fingerprint density at radius 1 is 1.45 bits per heavy atom. The predicted molar refractivity (Wildman–Crippen MR) is 44.4 cm³/mol. The molecule has 0 amide bonds. The van der Waals surface area contributed by atoms with Crippen molar-refractivity contribution in [3.05, 3.63) is 0 Å². The average Bonchev–Trinajstić information content (AvgIpc) is 2.30. The molecular formula is C9H17NO. The molecule has 1 aliphatic carbocycles. The molecule has 1 saturated heterocycles. The minimum absolute atomic E-state index is 0.239. The van der Waals surface area contributed by atoms with Gasteiger partial charge in [-0.05, 0) is 27.2 Å². The minimum Gasteiger partial charge on any atom is -0.388 e. The summed E-state index contributed by atoms with van der Waals surface area (Å²) in [5.41, 5.74) is -0.0452. The van der Waals surface area contributed by atoms with Gasteiger partial charge in [-0.15, -0.1) is 0 Å². The summed E-state index contributed by atoms with van der Waals surface area (Å²) in [5.74, 6) is 0.585. The molecular weight excluding hydrogens is 138 g/mol. The van der Waals surface area contributed by atoms with E-state index >= 15 is 0 Å². The van der Waals surface area contributed by atoms with E-state index in [1.807, 2.05) is 0 Å². The first-order valence-electron chi connectivity index (χ1n) is 4.39. The van der Waals surface area contributed by atoms with Crippen LogP contribution >= 0.6 is 0 Å². The van der Waals surface area contributed by atoms with Crippen LogP contribution in [0.3, 0.4) is 0 Å². The number of aliphatic hydroxyl groups is 1. The first-order valence-corrected chi connectivity index (χ1v) is 4.39. The van der Waals surface area contributed by atoms with Crippen LogP contribution in [0.15, 0.2) is 0 Å². The number of fused-ring (bicyclic) bond motifs is 1. The van der Waals surface area contributed by atoms with E-state index in [4.69, 9.17) is 0 Å². The lowest BCUT2D eigenvalue weighted by atomic mass is 10.1. The van der Waals surface area contributed by atoms with Gasteiger partial charge in [-0.25, -0.2) is 0 Å². The second-order valence-electron chi connectivity index (χ2n) is 5.06. The number of hydrogen-bond donors (Lipinski definition) is 1. The second-order valence-corrected chi connectivity index (χ2v) is 5.06. The molecule has 0 unspecified atom stereocenters. The normalized spacial score (nSPS) is 44.2. The molecule has 2 fully saturated rings. The topological polar surface area (TPSA) is 23.5 Å². The van der Waals surface area contributed by atoms with Crippen LogP contribution in [0.4, 0.5) is 0 Å². The van der Waals surface area contributed by atoms with Crippen molar-refractivity contribution in [1.82, 2.24) is 4.90 Å². The molecule has 1 aliphatic heterocycles. The molecule has 0 aromatic heterocycles. The first-order chi connectivity index (χ1) is 4.92. The van der Waals surface area contributed by atoms with E-state index in [2.05, 4.69) is 25.7 Å². The lowest BCUT2D eigenvalue weighted by molar-refractivity contribution is 0.0881. The lowest BCUT2D eigenvalue weighted by Gasteiger charge is -2.33. The number of hydrogen-bond acceptors (Lipinski definition) is 2. The average molecular weight is 155 g/mol. The van der Waals surface area contributed by atoms with Crippen molar-refractivity contribution in [2.24, 2.45) is 5.92 Å². The smallest absolute Gasteiger partial charge is 0.0819 e. The van der Waals surface area contributed by atoms with Crippen molar-refractivity contribution in [1.29, 1.82) is 0 Å². The SMILES string of the molecule is CC(C)(C)N1C[C@H]2C[C@@]2(O)C1. The fourth-order valence-electron chi connectivity index (χ4n) is 1.97. The van der Waals surface area contributed by atoms with Crippen LogP contribution in [0.1, 0.15) is 27.2 Å². The van der Waals surface area contributed by atoms with Gasteiger partial charge in [0.2, 0.25) is 0 Å². The molecule has 1 heterocycles. The zero-order valence-electron chi connectivity index (χ0n) is 7.59. The summed E-state index contributed by atoms with van der Waals surface area (Å²) in [6.07, 6.45) is 1.04. The van der Waals surface area contributed by atoms with Crippen molar-refractivity contribution in [2.75, 3.05) is 13.1 Å². The second kappa shape index (κ2) is 1.80. The van der Waals surface area contributed by atoms with Gasteiger partial charge in [-0.2, -0.15) is 0 Å². The summed E-state index contributed by atoms with van der Waals surface area (Å²) in [4.78, 5) is 2.38. The molecule has 64 valence electrons. The molecule has 2 aliphatic rings. The Kier molecular flexibility index (Phi) is 1.24. The molecule has 1 saturated carbocycles. The Morgan fingerprint density at radius 3 is 2.36 bits per heavy atom. The van der Waals surface area contributed by atoms with Crippen LogP contribution in [0.5, 0.6) is 0 Å². The summed E-state index contributed by atoms with van der Waals surface area (Å²) in [5, 5.41) is 9.76. The fourth-order valence-corrected chi connectivity index (χ4v) is 1.97. The molecule has 2 nitrogen and oxygen atoms in total. The maximum absolute atomic E-state index is 9.76. The third-order valence-electron chi connectivity index (χ3n) is 3.05. The standard InChI is InChI=1S/C9H17NO/c1-8(2,3)10-5-7-4-9(7,11)6-10/h7,11H,4-6H2,1-3H3/t7-,9-/m1/s1. The summed E-state index contributed by atoms with van der Waals surface area (Å²) in [7, 11) is 0. The molecule has 2 atom stereocenters. The van der Waals surface area contributed by atoms with Gasteiger partial charge in [0.05, 0.1) is 5.60 Å². The van der Waals surface area contributed by atoms with Crippen LogP contribution in [0.2, 0.25) is 0 Å². The molecule has 0 radical (unpaired) electrons. The highest BCUT2D eigenvalue weighted by molar-refractivity contribution is 5.13. The van der Waals surface area contributed by atoms with Gasteiger partial charge >= 0.3 is 0 Å². The Hall–Kier alpha value is -0.0800. The molecule has 11 heavy (non-hydrogen) atoms. The van der Waals surface area contributed by atoms with Gasteiger partial charge in [-0.3, -0.25) is 4.90 Å². The van der Waals surface area contributed by atoms with Gasteiger partial charge in [0.15, 0.2) is 0 Å². The van der Waals surface area contributed by atoms with Crippen molar-refractivity contribution < 1.29 is 5.11 Å². The molecule has 0 aromatic rings. The monoisotopic (exact) mass is 155 g/mol. The third-order valence-corrected chi connectivity index (χ3v) is 3.05. The minimum atomic E-state index is -0.284. The van der Waals surface area contributed by atoms with Crippen LogP contribution in [0, 0.1) is 5.92 Å². The van der Waals surface area contributed by atoms with E-state index in [0.717, 1.165) is 19.5 Å². The van der Waals surface area contributed by atoms with E-state index < -0.39 is 0 Å². The highest BCUT2D eigenvalue weighted by Crippen LogP contribution is 2.50. The lowest BCUT2D eigenvalue weighted by Crippen LogP contribution is -2.42. The van der Waals surface area contributed by atoms with E-state index in [1.165, 1.54) is 0 Å². The van der Waals surface area contributed by atoms with Gasteiger partial charge < -0.3 is 5.11 Å². The van der Waals surface area contributed by atoms with Crippen molar-refractivity contribution in [2.45, 2.75) is 38.3 Å². The Bertz CT molecular complexity index is 184. The zero-order chi connectivity index (χ0) is 8.28. The number of likely N-dealkylation sites (tertiary alicyclic amines) is 1. The number of β-amino-alcohol motifs (C(OH)–C–C–N with tert-alkyl or cyclic N) is 1. The van der Waals surface area contributed by atoms with Crippen LogP contribution < -0.4 is 0 Å². The van der Waals surface area contributed by atoms with Crippen LogP contribution in [-0.4, -0.2) is 34.2 Å². The van der Waals surface area contributed by atoms with Crippen molar-refractivity contribution in [3.8, 4) is 0 Å². The van der Waals surface area contributed by atoms with E-state index in [0.29, 0.717) is 5.92 Å². The van der Waals surface area contributed by atoms with Gasteiger partial charge in [0.1, 0.15) is 0 Å².